The molecule has 1 saturated carbocycles. The molecule has 1 aliphatic carbocycles. The van der Waals surface area contributed by atoms with Crippen LogP contribution < -0.4 is 11.1 Å². The summed E-state index contributed by atoms with van der Waals surface area (Å²) in [6.07, 6.45) is 5.89. The van der Waals surface area contributed by atoms with E-state index in [4.69, 9.17) is 5.73 Å². The van der Waals surface area contributed by atoms with Gasteiger partial charge in [-0.1, -0.05) is 13.8 Å². The molecule has 0 aliphatic heterocycles. The second-order valence-electron chi connectivity index (χ2n) is 5.05. The van der Waals surface area contributed by atoms with Gasteiger partial charge in [-0.15, -0.1) is 0 Å². The van der Waals surface area contributed by atoms with Gasteiger partial charge in [-0.05, 0) is 31.6 Å². The predicted octanol–water partition coefficient (Wildman–Crippen LogP) is 2.61. The molecule has 2 rings (SSSR count). The maximum absolute atomic E-state index is 5.77. The number of rotatable bonds is 3. The minimum atomic E-state index is 0.546. The van der Waals surface area contributed by atoms with Crippen LogP contribution in [-0.4, -0.2) is 16.0 Å². The summed E-state index contributed by atoms with van der Waals surface area (Å²) in [5.74, 6) is 3.13. The van der Waals surface area contributed by atoms with Crippen LogP contribution in [0.25, 0.3) is 0 Å². The summed E-state index contributed by atoms with van der Waals surface area (Å²) in [5, 5.41) is 3.49. The summed E-state index contributed by atoms with van der Waals surface area (Å²) in [6, 6.07) is 2.38. The Kier molecular flexibility index (Phi) is 3.82. The Morgan fingerprint density at radius 3 is 2.65 bits per heavy atom. The van der Waals surface area contributed by atoms with Gasteiger partial charge in [0, 0.05) is 18.5 Å². The van der Waals surface area contributed by atoms with Crippen molar-refractivity contribution in [2.45, 2.75) is 52.0 Å². The van der Waals surface area contributed by atoms with Crippen molar-refractivity contribution in [3.05, 3.63) is 11.9 Å². The second-order valence-corrected chi connectivity index (χ2v) is 5.05. The Bertz CT molecular complexity index is 370. The minimum absolute atomic E-state index is 0.546. The SMILES string of the molecule is CCc1nc(N)cc(NC2CCC(C)CC2)n1. The fourth-order valence-electron chi connectivity index (χ4n) is 2.36. The first-order chi connectivity index (χ1) is 8.17. The van der Waals surface area contributed by atoms with Crippen LogP contribution in [0.1, 0.15) is 45.4 Å². The molecule has 0 amide bonds. The smallest absolute Gasteiger partial charge is 0.132 e. The average molecular weight is 234 g/mol. The number of nitrogens with zero attached hydrogens (tertiary/aromatic N) is 2. The van der Waals surface area contributed by atoms with Gasteiger partial charge in [-0.2, -0.15) is 0 Å². The fraction of sp³-hybridized carbons (Fsp3) is 0.692. The molecule has 1 fully saturated rings. The van der Waals surface area contributed by atoms with E-state index in [1.54, 1.807) is 0 Å². The van der Waals surface area contributed by atoms with Gasteiger partial charge in [0.15, 0.2) is 0 Å². The highest BCUT2D eigenvalue weighted by Gasteiger charge is 2.18. The number of nitrogens with two attached hydrogens (primary N) is 1. The Morgan fingerprint density at radius 2 is 2.00 bits per heavy atom. The fourth-order valence-corrected chi connectivity index (χ4v) is 2.36. The van der Waals surface area contributed by atoms with E-state index < -0.39 is 0 Å². The largest absolute Gasteiger partial charge is 0.384 e. The van der Waals surface area contributed by atoms with Crippen molar-refractivity contribution >= 4 is 11.6 Å². The molecular weight excluding hydrogens is 212 g/mol. The first-order valence-corrected chi connectivity index (χ1v) is 6.57. The Morgan fingerprint density at radius 1 is 1.29 bits per heavy atom. The highest BCUT2D eigenvalue weighted by atomic mass is 15.1. The highest BCUT2D eigenvalue weighted by Crippen LogP contribution is 2.25. The molecule has 1 heterocycles. The molecule has 1 aromatic rings. The van der Waals surface area contributed by atoms with Crippen molar-refractivity contribution in [2.24, 2.45) is 5.92 Å². The third-order valence-corrected chi connectivity index (χ3v) is 3.48. The summed E-state index contributed by atoms with van der Waals surface area (Å²) in [4.78, 5) is 8.65. The molecule has 0 aromatic carbocycles. The lowest BCUT2D eigenvalue weighted by molar-refractivity contribution is 0.361. The number of nitrogens with one attached hydrogen (secondary N) is 1. The lowest BCUT2D eigenvalue weighted by Crippen LogP contribution is -2.26. The predicted molar refractivity (Wildman–Crippen MR) is 70.9 cm³/mol. The van der Waals surface area contributed by atoms with Crippen molar-refractivity contribution in [1.29, 1.82) is 0 Å². The van der Waals surface area contributed by atoms with Gasteiger partial charge in [0.1, 0.15) is 17.5 Å². The Hall–Kier alpha value is -1.32. The molecule has 0 radical (unpaired) electrons. The lowest BCUT2D eigenvalue weighted by Gasteiger charge is -2.27. The standard InChI is InChI=1S/C13H22N4/c1-3-12-16-11(14)8-13(17-12)15-10-6-4-9(2)5-7-10/h8-10H,3-7H2,1-2H3,(H3,14,15,16,17). The third-order valence-electron chi connectivity index (χ3n) is 3.48. The maximum Gasteiger partial charge on any atom is 0.132 e. The summed E-state index contributed by atoms with van der Waals surface area (Å²) in [7, 11) is 0. The molecule has 0 bridgehead atoms. The monoisotopic (exact) mass is 234 g/mol. The van der Waals surface area contributed by atoms with Crippen molar-refractivity contribution < 1.29 is 0 Å². The van der Waals surface area contributed by atoms with Crippen LogP contribution in [-0.2, 0) is 6.42 Å². The molecule has 3 N–H and O–H groups in total. The zero-order valence-electron chi connectivity index (χ0n) is 10.7. The van der Waals surface area contributed by atoms with E-state index in [2.05, 4.69) is 22.2 Å². The van der Waals surface area contributed by atoms with Gasteiger partial charge in [-0.3, -0.25) is 0 Å². The maximum atomic E-state index is 5.77. The molecule has 0 saturated heterocycles. The van der Waals surface area contributed by atoms with Gasteiger partial charge in [0.25, 0.3) is 0 Å². The van der Waals surface area contributed by atoms with Gasteiger partial charge >= 0.3 is 0 Å². The summed E-state index contributed by atoms with van der Waals surface area (Å²) < 4.78 is 0. The number of hydrogen-bond acceptors (Lipinski definition) is 4. The highest BCUT2D eigenvalue weighted by molar-refractivity contribution is 5.45. The molecule has 17 heavy (non-hydrogen) atoms. The molecular formula is C13H22N4. The van der Waals surface area contributed by atoms with E-state index >= 15 is 0 Å². The van der Waals surface area contributed by atoms with Crippen molar-refractivity contribution in [1.82, 2.24) is 9.97 Å². The average Bonchev–Trinajstić information content (AvgIpc) is 2.31. The molecule has 4 nitrogen and oxygen atoms in total. The van der Waals surface area contributed by atoms with Crippen molar-refractivity contribution in [2.75, 3.05) is 11.1 Å². The summed E-state index contributed by atoms with van der Waals surface area (Å²) in [6.45, 7) is 4.37. The van der Waals surface area contributed by atoms with Crippen LogP contribution in [0.2, 0.25) is 0 Å². The number of aromatic nitrogens is 2. The van der Waals surface area contributed by atoms with Gasteiger partial charge in [0.2, 0.25) is 0 Å². The number of nitrogen functional groups attached to an aromatic ring is 1. The first kappa shape index (κ1) is 12.1. The van der Waals surface area contributed by atoms with E-state index in [0.29, 0.717) is 11.9 Å². The van der Waals surface area contributed by atoms with Crippen LogP contribution in [0, 0.1) is 5.92 Å². The Balaban J connectivity index is 2.00. The van der Waals surface area contributed by atoms with Gasteiger partial charge in [0.05, 0.1) is 0 Å². The quantitative estimate of drug-likeness (QED) is 0.843. The molecule has 0 atom stereocenters. The topological polar surface area (TPSA) is 63.8 Å². The minimum Gasteiger partial charge on any atom is -0.384 e. The molecule has 1 aliphatic rings. The van der Waals surface area contributed by atoms with E-state index in [0.717, 1.165) is 24.0 Å². The zero-order chi connectivity index (χ0) is 12.3. The van der Waals surface area contributed by atoms with Gasteiger partial charge < -0.3 is 11.1 Å². The molecule has 94 valence electrons. The number of anilines is 2. The van der Waals surface area contributed by atoms with Crippen molar-refractivity contribution in [3.63, 3.8) is 0 Å². The molecule has 4 heteroatoms. The van der Waals surface area contributed by atoms with E-state index in [1.807, 2.05) is 13.0 Å². The number of hydrogen-bond donors (Lipinski definition) is 2. The van der Waals surface area contributed by atoms with Crippen molar-refractivity contribution in [3.8, 4) is 0 Å². The third kappa shape index (κ3) is 3.32. The van der Waals surface area contributed by atoms with Crippen LogP contribution in [0.4, 0.5) is 11.6 Å². The van der Waals surface area contributed by atoms with E-state index in [1.165, 1.54) is 25.7 Å². The Labute approximate surface area is 103 Å². The van der Waals surface area contributed by atoms with Gasteiger partial charge in [-0.25, -0.2) is 9.97 Å². The first-order valence-electron chi connectivity index (χ1n) is 6.57. The van der Waals surface area contributed by atoms with Crippen LogP contribution in [0.5, 0.6) is 0 Å². The molecule has 1 aromatic heterocycles. The van der Waals surface area contributed by atoms with Crippen LogP contribution in [0.15, 0.2) is 6.07 Å². The zero-order valence-corrected chi connectivity index (χ0v) is 10.7. The van der Waals surface area contributed by atoms with Crippen LogP contribution in [0.3, 0.4) is 0 Å². The van der Waals surface area contributed by atoms with Crippen LogP contribution >= 0.6 is 0 Å². The normalized spacial score (nSPS) is 24.6. The number of aryl methyl sites for hydroxylation is 1. The second kappa shape index (κ2) is 5.34. The lowest BCUT2D eigenvalue weighted by atomic mass is 9.87. The summed E-state index contributed by atoms with van der Waals surface area (Å²) in [5.41, 5.74) is 5.77. The van der Waals surface area contributed by atoms with E-state index in [-0.39, 0.29) is 0 Å². The molecule has 0 spiro atoms. The van der Waals surface area contributed by atoms with E-state index in [9.17, 15) is 0 Å². The molecule has 0 unspecified atom stereocenters. The summed E-state index contributed by atoms with van der Waals surface area (Å²) >= 11 is 0.